The minimum atomic E-state index is -0.848. The maximum atomic E-state index is 13.3. The van der Waals surface area contributed by atoms with Gasteiger partial charge in [0.2, 0.25) is 5.88 Å². The van der Waals surface area contributed by atoms with Gasteiger partial charge in [0.25, 0.3) is 0 Å². The van der Waals surface area contributed by atoms with Gasteiger partial charge in [0.15, 0.2) is 11.6 Å². The second-order valence-electron chi connectivity index (χ2n) is 3.47. The molecule has 1 N–H and O–H groups in total. The van der Waals surface area contributed by atoms with Gasteiger partial charge in [-0.25, -0.2) is 13.8 Å². The van der Waals surface area contributed by atoms with Gasteiger partial charge in [-0.2, -0.15) is 0 Å². The second kappa shape index (κ2) is 5.29. The molecule has 94 valence electrons. The van der Waals surface area contributed by atoms with Crippen LogP contribution < -0.4 is 4.74 Å². The predicted octanol–water partition coefficient (Wildman–Crippen LogP) is 3.30. The van der Waals surface area contributed by atoms with Gasteiger partial charge in [0.05, 0.1) is 6.61 Å². The molecular formula is C12H8ClF2NO2. The average Bonchev–Trinajstić information content (AvgIpc) is 2.34. The zero-order chi connectivity index (χ0) is 13.1. The number of rotatable bonds is 3. The Kier molecular flexibility index (Phi) is 3.74. The summed E-state index contributed by atoms with van der Waals surface area (Å²) < 4.78 is 31.2. The van der Waals surface area contributed by atoms with E-state index < -0.39 is 11.6 Å². The summed E-state index contributed by atoms with van der Waals surface area (Å²) in [7, 11) is 0. The summed E-state index contributed by atoms with van der Waals surface area (Å²) in [4.78, 5) is 3.83. The van der Waals surface area contributed by atoms with Gasteiger partial charge in [0.1, 0.15) is 10.8 Å². The number of pyridine rings is 1. The van der Waals surface area contributed by atoms with E-state index in [-0.39, 0.29) is 23.3 Å². The highest BCUT2D eigenvalue weighted by molar-refractivity contribution is 6.31. The van der Waals surface area contributed by atoms with Crippen molar-refractivity contribution >= 4 is 11.6 Å². The van der Waals surface area contributed by atoms with Crippen LogP contribution in [0.5, 0.6) is 11.6 Å². The largest absolute Gasteiger partial charge is 0.434 e. The molecule has 2 rings (SSSR count). The number of hydrogen-bond donors (Lipinski definition) is 1. The SMILES string of the molecule is OCc1cnc(Oc2ccc(F)cc2F)c(Cl)c1. The van der Waals surface area contributed by atoms with Gasteiger partial charge in [-0.15, -0.1) is 0 Å². The Morgan fingerprint density at radius 2 is 2.06 bits per heavy atom. The van der Waals surface area contributed by atoms with Crippen LogP contribution in [0.2, 0.25) is 5.02 Å². The van der Waals surface area contributed by atoms with Crippen LogP contribution in [-0.4, -0.2) is 10.1 Å². The number of hydrogen-bond acceptors (Lipinski definition) is 3. The molecule has 1 aromatic carbocycles. The van der Waals surface area contributed by atoms with Gasteiger partial charge >= 0.3 is 0 Å². The summed E-state index contributed by atoms with van der Waals surface area (Å²) in [6.45, 7) is -0.210. The molecule has 0 fully saturated rings. The van der Waals surface area contributed by atoms with Crippen molar-refractivity contribution in [3.8, 4) is 11.6 Å². The van der Waals surface area contributed by atoms with E-state index in [1.807, 2.05) is 0 Å². The molecule has 0 saturated heterocycles. The van der Waals surface area contributed by atoms with Crippen LogP contribution in [0.15, 0.2) is 30.5 Å². The minimum Gasteiger partial charge on any atom is -0.434 e. The number of ether oxygens (including phenoxy) is 1. The van der Waals surface area contributed by atoms with E-state index in [4.69, 9.17) is 21.4 Å². The first-order valence-corrected chi connectivity index (χ1v) is 5.36. The van der Waals surface area contributed by atoms with E-state index in [0.29, 0.717) is 11.6 Å². The first kappa shape index (κ1) is 12.7. The van der Waals surface area contributed by atoms with Gasteiger partial charge in [0, 0.05) is 12.3 Å². The van der Waals surface area contributed by atoms with Crippen LogP contribution >= 0.6 is 11.6 Å². The van der Waals surface area contributed by atoms with Crippen molar-refractivity contribution in [2.45, 2.75) is 6.61 Å². The van der Waals surface area contributed by atoms with Crippen molar-refractivity contribution in [1.29, 1.82) is 0 Å². The van der Waals surface area contributed by atoms with E-state index in [9.17, 15) is 8.78 Å². The second-order valence-corrected chi connectivity index (χ2v) is 3.87. The smallest absolute Gasteiger partial charge is 0.238 e. The first-order valence-electron chi connectivity index (χ1n) is 4.98. The fourth-order valence-electron chi connectivity index (χ4n) is 1.29. The maximum Gasteiger partial charge on any atom is 0.238 e. The van der Waals surface area contributed by atoms with E-state index in [1.165, 1.54) is 12.3 Å². The molecule has 0 saturated carbocycles. The number of nitrogens with zero attached hydrogens (tertiary/aromatic N) is 1. The summed E-state index contributed by atoms with van der Waals surface area (Å²) >= 11 is 5.85. The Labute approximate surface area is 107 Å². The molecular weight excluding hydrogens is 264 g/mol. The molecule has 1 aromatic heterocycles. The monoisotopic (exact) mass is 271 g/mol. The fraction of sp³-hybridized carbons (Fsp3) is 0.0833. The van der Waals surface area contributed by atoms with Crippen LogP contribution in [-0.2, 0) is 6.61 Å². The van der Waals surface area contributed by atoms with E-state index in [0.717, 1.165) is 12.1 Å². The molecule has 0 bridgehead atoms. The lowest BCUT2D eigenvalue weighted by Crippen LogP contribution is -1.94. The number of halogens is 3. The van der Waals surface area contributed by atoms with E-state index in [1.54, 1.807) is 0 Å². The topological polar surface area (TPSA) is 42.4 Å². The van der Waals surface area contributed by atoms with Crippen molar-refractivity contribution in [3.05, 3.63) is 52.7 Å². The molecule has 0 spiro atoms. The number of aliphatic hydroxyl groups is 1. The minimum absolute atomic E-state index is 0.0145. The highest BCUT2D eigenvalue weighted by Crippen LogP contribution is 2.29. The molecule has 18 heavy (non-hydrogen) atoms. The highest BCUT2D eigenvalue weighted by atomic mass is 35.5. The molecule has 0 radical (unpaired) electrons. The average molecular weight is 272 g/mol. The van der Waals surface area contributed by atoms with Crippen LogP contribution in [0.3, 0.4) is 0 Å². The summed E-state index contributed by atoms with van der Waals surface area (Å²) in [5.74, 6) is -1.74. The lowest BCUT2D eigenvalue weighted by atomic mass is 10.3. The molecule has 2 aromatic rings. The van der Waals surface area contributed by atoms with Gasteiger partial charge in [-0.1, -0.05) is 11.6 Å². The molecule has 0 unspecified atom stereocenters. The molecule has 0 amide bonds. The van der Waals surface area contributed by atoms with Crippen LogP contribution in [0, 0.1) is 11.6 Å². The van der Waals surface area contributed by atoms with Gasteiger partial charge < -0.3 is 9.84 Å². The summed E-state index contributed by atoms with van der Waals surface area (Å²) in [5, 5.41) is 9.01. The fourth-order valence-corrected chi connectivity index (χ4v) is 1.52. The van der Waals surface area contributed by atoms with Crippen LogP contribution in [0.4, 0.5) is 8.78 Å². The number of aromatic nitrogens is 1. The third kappa shape index (κ3) is 2.75. The lowest BCUT2D eigenvalue weighted by Gasteiger charge is -2.08. The molecule has 1 heterocycles. The molecule has 0 atom stereocenters. The van der Waals surface area contributed by atoms with E-state index in [2.05, 4.69) is 4.98 Å². The lowest BCUT2D eigenvalue weighted by molar-refractivity contribution is 0.281. The van der Waals surface area contributed by atoms with Crippen molar-refractivity contribution in [3.63, 3.8) is 0 Å². The zero-order valence-electron chi connectivity index (χ0n) is 9.03. The Balaban J connectivity index is 2.28. The van der Waals surface area contributed by atoms with Crippen LogP contribution in [0.1, 0.15) is 5.56 Å². The molecule has 3 nitrogen and oxygen atoms in total. The number of benzene rings is 1. The molecule has 0 aliphatic rings. The zero-order valence-corrected chi connectivity index (χ0v) is 9.79. The number of aliphatic hydroxyl groups excluding tert-OH is 1. The summed E-state index contributed by atoms with van der Waals surface area (Å²) in [6, 6.07) is 4.35. The van der Waals surface area contributed by atoms with Crippen molar-refractivity contribution in [2.24, 2.45) is 0 Å². The quantitative estimate of drug-likeness (QED) is 0.931. The van der Waals surface area contributed by atoms with Crippen molar-refractivity contribution in [1.82, 2.24) is 4.98 Å². The Hall–Kier alpha value is -1.72. The standard InChI is InChI=1S/C12H8ClF2NO2/c13-9-3-7(6-17)5-16-12(9)18-11-2-1-8(14)4-10(11)15/h1-5,17H,6H2. The Morgan fingerprint density at radius 1 is 1.28 bits per heavy atom. The van der Waals surface area contributed by atoms with Gasteiger partial charge in [-0.3, -0.25) is 0 Å². The van der Waals surface area contributed by atoms with Crippen molar-refractivity contribution in [2.75, 3.05) is 0 Å². The molecule has 0 aliphatic carbocycles. The Morgan fingerprint density at radius 3 is 2.67 bits per heavy atom. The van der Waals surface area contributed by atoms with Gasteiger partial charge in [-0.05, 0) is 23.8 Å². The predicted molar refractivity (Wildman–Crippen MR) is 61.6 cm³/mol. The normalized spacial score (nSPS) is 10.4. The van der Waals surface area contributed by atoms with Crippen LogP contribution in [0.25, 0.3) is 0 Å². The Bertz CT molecular complexity index is 578. The van der Waals surface area contributed by atoms with E-state index >= 15 is 0 Å². The summed E-state index contributed by atoms with van der Waals surface area (Å²) in [6.07, 6.45) is 1.35. The highest BCUT2D eigenvalue weighted by Gasteiger charge is 2.10. The third-order valence-electron chi connectivity index (χ3n) is 2.15. The summed E-state index contributed by atoms with van der Waals surface area (Å²) in [5.41, 5.74) is 0.506. The molecule has 0 aliphatic heterocycles. The maximum absolute atomic E-state index is 13.3. The third-order valence-corrected chi connectivity index (χ3v) is 2.42. The first-order chi connectivity index (χ1) is 8.60. The molecule has 6 heteroatoms. The van der Waals surface area contributed by atoms with Crippen molar-refractivity contribution < 1.29 is 18.6 Å².